The van der Waals surface area contributed by atoms with E-state index in [1.54, 1.807) is 4.31 Å². The number of nitrogens with zero attached hydrogens (tertiary/aromatic N) is 1. The number of carbonyl (C=O) groups excluding carboxylic acids is 1. The lowest BCUT2D eigenvalue weighted by atomic mass is 10.00. The van der Waals surface area contributed by atoms with Gasteiger partial charge in [0, 0.05) is 18.1 Å². The Balaban J connectivity index is 2.07. The van der Waals surface area contributed by atoms with Gasteiger partial charge in [0.15, 0.2) is 0 Å². The molecular weight excluding hydrogens is 240 g/mol. The maximum Gasteiger partial charge on any atom is 0.243 e. The van der Waals surface area contributed by atoms with E-state index in [4.69, 9.17) is 0 Å². The van der Waals surface area contributed by atoms with E-state index in [9.17, 15) is 13.2 Å². The first-order valence-electron chi connectivity index (χ1n) is 5.83. The number of hydrogen-bond acceptors (Lipinski definition) is 3. The molecule has 2 unspecified atom stereocenters. The lowest BCUT2D eigenvalue weighted by Gasteiger charge is -2.37. The molecule has 0 aromatic carbocycles. The predicted molar refractivity (Wildman–Crippen MR) is 64.9 cm³/mol. The molecule has 2 aliphatic rings. The summed E-state index contributed by atoms with van der Waals surface area (Å²) in [4.78, 5) is 11.2. The van der Waals surface area contributed by atoms with Crippen molar-refractivity contribution in [3.8, 4) is 0 Å². The number of carbonyl (C=O) groups is 1. The molecule has 1 N–H and O–H groups in total. The third-order valence-electron chi connectivity index (χ3n) is 3.58. The van der Waals surface area contributed by atoms with E-state index in [1.807, 2.05) is 0 Å². The molecule has 2 rings (SSSR count). The molecule has 5 nitrogen and oxygen atoms in total. The standard InChI is InChI=1S/C11H18N2O3S/c1-3-11(14)12-8-6-9-4-5-10(7-8)13(9)17(2,15)16/h3,8-10H,1,4-7H2,2H3,(H,12,14). The summed E-state index contributed by atoms with van der Waals surface area (Å²) in [5, 5.41) is 2.86. The van der Waals surface area contributed by atoms with Crippen LogP contribution >= 0.6 is 0 Å². The maximum atomic E-state index is 11.7. The molecule has 0 aromatic heterocycles. The number of hydrogen-bond donors (Lipinski definition) is 1. The Hall–Kier alpha value is -0.880. The highest BCUT2D eigenvalue weighted by Gasteiger charge is 2.45. The zero-order valence-corrected chi connectivity index (χ0v) is 10.7. The Morgan fingerprint density at radius 1 is 1.35 bits per heavy atom. The molecule has 1 amide bonds. The first-order chi connectivity index (χ1) is 7.91. The summed E-state index contributed by atoms with van der Waals surface area (Å²) < 4.78 is 24.9. The highest BCUT2D eigenvalue weighted by Crippen LogP contribution is 2.37. The molecule has 96 valence electrons. The van der Waals surface area contributed by atoms with Gasteiger partial charge in [0.05, 0.1) is 6.26 Å². The number of nitrogens with one attached hydrogen (secondary N) is 1. The van der Waals surface area contributed by atoms with Gasteiger partial charge in [0.1, 0.15) is 0 Å². The number of sulfonamides is 1. The molecule has 17 heavy (non-hydrogen) atoms. The van der Waals surface area contributed by atoms with Crippen molar-refractivity contribution in [3.05, 3.63) is 12.7 Å². The second-order valence-electron chi connectivity index (χ2n) is 4.86. The molecule has 2 bridgehead atoms. The van der Waals surface area contributed by atoms with Crippen LogP contribution in [0.1, 0.15) is 25.7 Å². The van der Waals surface area contributed by atoms with Crippen molar-refractivity contribution in [2.45, 2.75) is 43.8 Å². The number of rotatable bonds is 3. The van der Waals surface area contributed by atoms with Gasteiger partial charge < -0.3 is 5.32 Å². The Labute approximate surface area is 102 Å². The second kappa shape index (κ2) is 4.42. The predicted octanol–water partition coefficient (Wildman–Crippen LogP) is 0.244. The molecule has 2 aliphatic heterocycles. The minimum absolute atomic E-state index is 0.0545. The van der Waals surface area contributed by atoms with E-state index in [1.165, 1.54) is 12.3 Å². The van der Waals surface area contributed by atoms with Crippen molar-refractivity contribution in [2.24, 2.45) is 0 Å². The van der Waals surface area contributed by atoms with Crippen LogP contribution < -0.4 is 5.32 Å². The topological polar surface area (TPSA) is 66.5 Å². The summed E-state index contributed by atoms with van der Waals surface area (Å²) in [6.07, 6.45) is 5.74. The smallest absolute Gasteiger partial charge is 0.243 e. The highest BCUT2D eigenvalue weighted by molar-refractivity contribution is 7.88. The fraction of sp³-hybridized carbons (Fsp3) is 0.727. The largest absolute Gasteiger partial charge is 0.350 e. The van der Waals surface area contributed by atoms with E-state index < -0.39 is 10.0 Å². The van der Waals surface area contributed by atoms with Gasteiger partial charge in [-0.25, -0.2) is 8.42 Å². The molecule has 0 saturated carbocycles. The molecule has 0 radical (unpaired) electrons. The maximum absolute atomic E-state index is 11.7. The van der Waals surface area contributed by atoms with Gasteiger partial charge in [-0.1, -0.05) is 6.58 Å². The third kappa shape index (κ3) is 2.52. The summed E-state index contributed by atoms with van der Waals surface area (Å²) in [7, 11) is -3.12. The van der Waals surface area contributed by atoms with Crippen LogP contribution in [0.15, 0.2) is 12.7 Å². The van der Waals surface area contributed by atoms with Gasteiger partial charge >= 0.3 is 0 Å². The van der Waals surface area contributed by atoms with Crippen LogP contribution in [0.25, 0.3) is 0 Å². The van der Waals surface area contributed by atoms with Gasteiger partial charge in [-0.3, -0.25) is 4.79 Å². The number of amides is 1. The fourth-order valence-corrected chi connectivity index (χ4v) is 4.52. The summed E-state index contributed by atoms with van der Waals surface area (Å²) in [6, 6.07) is 0.189. The molecule has 0 aliphatic carbocycles. The van der Waals surface area contributed by atoms with Gasteiger partial charge in [-0.05, 0) is 31.8 Å². The monoisotopic (exact) mass is 258 g/mol. The zero-order valence-electron chi connectivity index (χ0n) is 9.93. The first kappa shape index (κ1) is 12.6. The normalized spacial score (nSPS) is 33.4. The number of piperidine rings is 1. The molecule has 0 spiro atoms. The molecule has 2 atom stereocenters. The molecule has 6 heteroatoms. The highest BCUT2D eigenvalue weighted by atomic mass is 32.2. The minimum Gasteiger partial charge on any atom is -0.350 e. The molecule has 2 fully saturated rings. The third-order valence-corrected chi connectivity index (χ3v) is 4.94. The summed E-state index contributed by atoms with van der Waals surface area (Å²) >= 11 is 0. The quantitative estimate of drug-likeness (QED) is 0.738. The van der Waals surface area contributed by atoms with E-state index in [2.05, 4.69) is 11.9 Å². The van der Waals surface area contributed by atoms with Crippen molar-refractivity contribution in [1.29, 1.82) is 0 Å². The van der Waals surface area contributed by atoms with Crippen molar-refractivity contribution in [1.82, 2.24) is 9.62 Å². The summed E-state index contributed by atoms with van der Waals surface area (Å²) in [5.41, 5.74) is 0. The summed E-state index contributed by atoms with van der Waals surface area (Å²) in [5.74, 6) is -0.179. The molecule has 2 saturated heterocycles. The second-order valence-corrected chi connectivity index (χ2v) is 6.75. The fourth-order valence-electron chi connectivity index (χ4n) is 3.05. The van der Waals surface area contributed by atoms with Gasteiger partial charge in [-0.2, -0.15) is 4.31 Å². The van der Waals surface area contributed by atoms with Crippen molar-refractivity contribution in [3.63, 3.8) is 0 Å². The summed E-state index contributed by atoms with van der Waals surface area (Å²) in [6.45, 7) is 3.42. The van der Waals surface area contributed by atoms with Crippen LogP contribution in [-0.4, -0.2) is 43.0 Å². The zero-order chi connectivity index (χ0) is 12.6. The Kier molecular flexibility index (Phi) is 3.27. The van der Waals surface area contributed by atoms with Gasteiger partial charge in [0.25, 0.3) is 0 Å². The molecule has 0 aromatic rings. The lowest BCUT2D eigenvalue weighted by Crippen LogP contribution is -2.51. The van der Waals surface area contributed by atoms with Crippen molar-refractivity contribution in [2.75, 3.05) is 6.26 Å². The van der Waals surface area contributed by atoms with Crippen LogP contribution in [-0.2, 0) is 14.8 Å². The van der Waals surface area contributed by atoms with Crippen LogP contribution in [0, 0.1) is 0 Å². The van der Waals surface area contributed by atoms with E-state index in [0.717, 1.165) is 12.8 Å². The minimum atomic E-state index is -3.12. The van der Waals surface area contributed by atoms with Gasteiger partial charge in [-0.15, -0.1) is 0 Å². The molecule has 2 heterocycles. The van der Waals surface area contributed by atoms with E-state index >= 15 is 0 Å². The number of fused-ring (bicyclic) bond motifs is 2. The van der Waals surface area contributed by atoms with Crippen molar-refractivity contribution >= 4 is 15.9 Å². The van der Waals surface area contributed by atoms with Crippen LogP contribution in [0.4, 0.5) is 0 Å². The lowest BCUT2D eigenvalue weighted by molar-refractivity contribution is -0.117. The van der Waals surface area contributed by atoms with Crippen molar-refractivity contribution < 1.29 is 13.2 Å². The average molecular weight is 258 g/mol. The van der Waals surface area contributed by atoms with Gasteiger partial charge in [0.2, 0.25) is 15.9 Å². The van der Waals surface area contributed by atoms with E-state index in [0.29, 0.717) is 12.8 Å². The van der Waals surface area contributed by atoms with Crippen LogP contribution in [0.3, 0.4) is 0 Å². The van der Waals surface area contributed by atoms with Crippen LogP contribution in [0.2, 0.25) is 0 Å². The van der Waals surface area contributed by atoms with E-state index in [-0.39, 0.29) is 24.0 Å². The first-order valence-corrected chi connectivity index (χ1v) is 7.68. The SMILES string of the molecule is C=CC(=O)NC1CC2CCC(C1)N2S(C)(=O)=O. The Morgan fingerprint density at radius 3 is 2.29 bits per heavy atom. The molecular formula is C11H18N2O3S. The average Bonchev–Trinajstić information content (AvgIpc) is 2.51. The Morgan fingerprint density at radius 2 is 1.88 bits per heavy atom. The Bertz CT molecular complexity index is 418. The van der Waals surface area contributed by atoms with Crippen LogP contribution in [0.5, 0.6) is 0 Å².